The van der Waals surface area contributed by atoms with Crippen molar-refractivity contribution in [1.29, 1.82) is 0 Å². The Labute approximate surface area is 139 Å². The van der Waals surface area contributed by atoms with Crippen LogP contribution in [0.5, 0.6) is 0 Å². The minimum absolute atomic E-state index is 0.618. The smallest absolute Gasteiger partial charge is 0.00297 e. The fraction of sp³-hybridized carbons (Fsp3) is 0.304. The molecule has 2 aromatic carbocycles. The monoisotopic (exact) mass is 300 g/mol. The maximum atomic E-state index is 2.42. The molecule has 0 aromatic heterocycles. The van der Waals surface area contributed by atoms with Crippen molar-refractivity contribution in [2.24, 2.45) is 5.92 Å². The van der Waals surface area contributed by atoms with Crippen LogP contribution in [0.1, 0.15) is 60.3 Å². The molecule has 3 atom stereocenters. The minimum Gasteiger partial charge on any atom is -0.0764 e. The van der Waals surface area contributed by atoms with E-state index in [1.165, 1.54) is 41.5 Å². The summed E-state index contributed by atoms with van der Waals surface area (Å²) in [5, 5.41) is 0. The van der Waals surface area contributed by atoms with Crippen LogP contribution in [-0.2, 0) is 0 Å². The lowest BCUT2D eigenvalue weighted by atomic mass is 9.86. The van der Waals surface area contributed by atoms with Crippen LogP contribution in [-0.4, -0.2) is 0 Å². The highest BCUT2D eigenvalue weighted by Gasteiger charge is 2.21. The summed E-state index contributed by atoms with van der Waals surface area (Å²) in [7, 11) is 0. The average molecular weight is 300 g/mol. The van der Waals surface area contributed by atoms with E-state index in [1.807, 2.05) is 0 Å². The summed E-state index contributed by atoms with van der Waals surface area (Å²) in [5.41, 5.74) is 5.87. The first kappa shape index (κ1) is 14.5. The zero-order chi connectivity index (χ0) is 15.6. The predicted molar refractivity (Wildman–Crippen MR) is 99.4 cm³/mol. The molecule has 23 heavy (non-hydrogen) atoms. The Morgan fingerprint density at radius 1 is 0.783 bits per heavy atom. The lowest BCUT2D eigenvalue weighted by Crippen LogP contribution is -2.04. The van der Waals surface area contributed by atoms with E-state index in [1.54, 1.807) is 0 Å². The molecule has 0 saturated carbocycles. The topological polar surface area (TPSA) is 0 Å². The van der Waals surface area contributed by atoms with Crippen molar-refractivity contribution in [3.05, 3.63) is 82.9 Å². The quantitative estimate of drug-likeness (QED) is 0.598. The molecule has 2 aliphatic carbocycles. The van der Waals surface area contributed by atoms with Gasteiger partial charge in [0.1, 0.15) is 0 Å². The maximum Gasteiger partial charge on any atom is 0.00297 e. The molecule has 0 bridgehead atoms. The van der Waals surface area contributed by atoms with Crippen LogP contribution in [0, 0.1) is 5.92 Å². The highest BCUT2D eigenvalue weighted by molar-refractivity contribution is 5.63. The van der Waals surface area contributed by atoms with Gasteiger partial charge in [-0.1, -0.05) is 79.8 Å². The van der Waals surface area contributed by atoms with Crippen LogP contribution in [0.15, 0.2) is 60.7 Å². The van der Waals surface area contributed by atoms with Crippen molar-refractivity contribution < 1.29 is 0 Å². The summed E-state index contributed by atoms with van der Waals surface area (Å²) in [6, 6.07) is 17.7. The zero-order valence-electron chi connectivity index (χ0n) is 13.8. The van der Waals surface area contributed by atoms with Crippen LogP contribution in [0.25, 0.3) is 12.2 Å². The molecule has 0 radical (unpaired) electrons. The fourth-order valence-corrected chi connectivity index (χ4v) is 4.12. The third kappa shape index (κ3) is 2.91. The summed E-state index contributed by atoms with van der Waals surface area (Å²) < 4.78 is 0. The SMILES string of the molecule is CC(CCC1C=Cc2ccccc21)CC1C=Cc2ccccc21. The van der Waals surface area contributed by atoms with E-state index in [9.17, 15) is 0 Å². The van der Waals surface area contributed by atoms with Crippen molar-refractivity contribution in [1.82, 2.24) is 0 Å². The normalized spacial score (nSPS) is 22.1. The lowest BCUT2D eigenvalue weighted by Gasteiger charge is -2.19. The third-order valence-corrected chi connectivity index (χ3v) is 5.43. The van der Waals surface area contributed by atoms with Gasteiger partial charge in [-0.2, -0.15) is 0 Å². The van der Waals surface area contributed by atoms with Crippen LogP contribution in [0.2, 0.25) is 0 Å². The van der Waals surface area contributed by atoms with Crippen molar-refractivity contribution in [3.63, 3.8) is 0 Å². The van der Waals surface area contributed by atoms with Gasteiger partial charge >= 0.3 is 0 Å². The number of hydrogen-bond donors (Lipinski definition) is 0. The molecular formula is C23H24. The van der Waals surface area contributed by atoms with Gasteiger partial charge in [-0.05, 0) is 47.4 Å². The largest absolute Gasteiger partial charge is 0.0764 e. The van der Waals surface area contributed by atoms with Gasteiger partial charge in [0.15, 0.2) is 0 Å². The molecule has 0 N–H and O–H groups in total. The van der Waals surface area contributed by atoms with Gasteiger partial charge in [-0.25, -0.2) is 0 Å². The van der Waals surface area contributed by atoms with Crippen LogP contribution < -0.4 is 0 Å². The van der Waals surface area contributed by atoms with Gasteiger partial charge < -0.3 is 0 Å². The average Bonchev–Trinajstić information content (AvgIpc) is 3.18. The first-order valence-corrected chi connectivity index (χ1v) is 8.85. The molecule has 2 aliphatic rings. The number of rotatable bonds is 5. The number of allylic oxidation sites excluding steroid dienone is 2. The standard InChI is InChI=1S/C23H24/c1-17(16-21-15-14-19-7-3-5-9-23(19)21)10-11-20-13-12-18-6-2-4-8-22(18)20/h2-9,12-15,17,20-21H,10-11,16H2,1H3. The molecule has 0 spiro atoms. The maximum absolute atomic E-state index is 2.42. The Kier molecular flexibility index (Phi) is 3.91. The van der Waals surface area contributed by atoms with E-state index >= 15 is 0 Å². The van der Waals surface area contributed by atoms with E-state index in [2.05, 4.69) is 79.8 Å². The fourth-order valence-electron chi connectivity index (χ4n) is 4.12. The number of hydrogen-bond acceptors (Lipinski definition) is 0. The summed E-state index contributed by atoms with van der Waals surface area (Å²) in [6.07, 6.45) is 13.2. The highest BCUT2D eigenvalue weighted by Crippen LogP contribution is 2.38. The number of fused-ring (bicyclic) bond motifs is 2. The Morgan fingerprint density at radius 2 is 1.35 bits per heavy atom. The first-order valence-electron chi connectivity index (χ1n) is 8.85. The van der Waals surface area contributed by atoms with Gasteiger partial charge in [0.05, 0.1) is 0 Å². The van der Waals surface area contributed by atoms with Crippen molar-refractivity contribution in [2.75, 3.05) is 0 Å². The molecule has 116 valence electrons. The van der Waals surface area contributed by atoms with Crippen molar-refractivity contribution in [2.45, 2.75) is 38.0 Å². The van der Waals surface area contributed by atoms with E-state index < -0.39 is 0 Å². The molecule has 0 fully saturated rings. The molecule has 0 heterocycles. The Balaban J connectivity index is 1.35. The minimum atomic E-state index is 0.618. The summed E-state index contributed by atoms with van der Waals surface area (Å²) in [5.74, 6) is 2.00. The van der Waals surface area contributed by atoms with Gasteiger partial charge in [0, 0.05) is 11.8 Å². The number of benzene rings is 2. The molecule has 3 unspecified atom stereocenters. The van der Waals surface area contributed by atoms with Gasteiger partial charge in [0.25, 0.3) is 0 Å². The third-order valence-electron chi connectivity index (χ3n) is 5.43. The van der Waals surface area contributed by atoms with Gasteiger partial charge in [-0.15, -0.1) is 0 Å². The molecule has 2 aromatic rings. The lowest BCUT2D eigenvalue weighted by molar-refractivity contribution is 0.448. The second kappa shape index (κ2) is 6.20. The Bertz CT molecular complexity index is 750. The van der Waals surface area contributed by atoms with Crippen LogP contribution >= 0.6 is 0 Å². The zero-order valence-corrected chi connectivity index (χ0v) is 13.8. The highest BCUT2D eigenvalue weighted by atomic mass is 14.3. The molecule has 0 amide bonds. The molecular weight excluding hydrogens is 276 g/mol. The molecule has 0 nitrogen and oxygen atoms in total. The molecule has 0 saturated heterocycles. The summed E-state index contributed by atoms with van der Waals surface area (Å²) in [4.78, 5) is 0. The second-order valence-electron chi connectivity index (χ2n) is 7.11. The molecule has 0 aliphatic heterocycles. The predicted octanol–water partition coefficient (Wildman–Crippen LogP) is 6.41. The second-order valence-corrected chi connectivity index (χ2v) is 7.11. The molecule has 4 rings (SSSR count). The Hall–Kier alpha value is -2.08. The Morgan fingerprint density at radius 3 is 2.04 bits per heavy atom. The van der Waals surface area contributed by atoms with E-state index in [0.29, 0.717) is 11.8 Å². The summed E-state index contributed by atoms with van der Waals surface area (Å²) >= 11 is 0. The van der Waals surface area contributed by atoms with E-state index in [4.69, 9.17) is 0 Å². The van der Waals surface area contributed by atoms with E-state index in [0.717, 1.165) is 5.92 Å². The van der Waals surface area contributed by atoms with Crippen LogP contribution in [0.4, 0.5) is 0 Å². The summed E-state index contributed by atoms with van der Waals surface area (Å²) in [6.45, 7) is 2.42. The van der Waals surface area contributed by atoms with E-state index in [-0.39, 0.29) is 0 Å². The van der Waals surface area contributed by atoms with Crippen LogP contribution in [0.3, 0.4) is 0 Å². The van der Waals surface area contributed by atoms with Gasteiger partial charge in [0.2, 0.25) is 0 Å². The van der Waals surface area contributed by atoms with Crippen molar-refractivity contribution >= 4 is 12.2 Å². The first-order chi connectivity index (χ1) is 11.3. The van der Waals surface area contributed by atoms with Gasteiger partial charge in [-0.3, -0.25) is 0 Å². The van der Waals surface area contributed by atoms with Crippen molar-refractivity contribution in [3.8, 4) is 0 Å². The molecule has 0 heteroatoms.